The second-order valence-corrected chi connectivity index (χ2v) is 17.7. The molecule has 0 aromatic carbocycles. The van der Waals surface area contributed by atoms with Gasteiger partial charge in [0.25, 0.3) is 0 Å². The summed E-state index contributed by atoms with van der Waals surface area (Å²) in [5, 5.41) is 0. The number of rotatable bonds is 3. The standard InChI is InChI=1S/C12H24.3C10H8N2.2CH3.4ClH.2Ru/c1-9-5-6-11(3)12(4)8-7-10(9)2;3*1-3-7-11-9(5-1)10-6-2-4-8-12-10;;;;;;;;/h9-12H,5-8H2,1-4H3;3*1-8H;2*1H3;4*1H;;/q;;;;2*-1;;;;;+2;+4/p-4/t9-,10+,11+,12-;;;;;;;;;;;. The van der Waals surface area contributed by atoms with Gasteiger partial charge in [0, 0.05) is 37.2 Å². The summed E-state index contributed by atoms with van der Waals surface area (Å²) in [6.45, 7) is 9.70. The van der Waals surface area contributed by atoms with E-state index in [4.69, 9.17) is 38.8 Å². The van der Waals surface area contributed by atoms with Gasteiger partial charge in [0.2, 0.25) is 0 Å². The number of aromatic nitrogens is 6. The molecule has 6 aromatic heterocycles. The third-order valence-electron chi connectivity index (χ3n) is 8.87. The van der Waals surface area contributed by atoms with E-state index in [1.54, 1.807) is 37.2 Å². The van der Waals surface area contributed by atoms with Gasteiger partial charge in [-0.15, -0.1) is 0 Å². The van der Waals surface area contributed by atoms with Crippen LogP contribution in [-0.2, 0) is 30.3 Å². The molecule has 0 bridgehead atoms. The van der Waals surface area contributed by atoms with Crippen molar-refractivity contribution in [1.29, 1.82) is 0 Å². The Morgan fingerprint density at radius 2 is 0.536 bits per heavy atom. The molecular formula is C44H54Cl4N6Ru2. The Morgan fingerprint density at radius 3 is 0.643 bits per heavy atom. The first-order valence-corrected chi connectivity index (χ1v) is 26.5. The van der Waals surface area contributed by atoms with Crippen molar-refractivity contribution in [3.05, 3.63) is 161 Å². The molecule has 0 saturated heterocycles. The van der Waals surface area contributed by atoms with Crippen LogP contribution >= 0.6 is 38.8 Å². The Kier molecular flexibility index (Phi) is 32.7. The molecule has 6 nitrogen and oxygen atoms in total. The predicted molar refractivity (Wildman–Crippen MR) is 234 cm³/mol. The van der Waals surface area contributed by atoms with Crippen molar-refractivity contribution in [3.8, 4) is 34.2 Å². The second kappa shape index (κ2) is 34.4. The fraction of sp³-hybridized carbons (Fsp3) is 0.273. The molecule has 6 heterocycles. The minimum Gasteiger partial charge on any atom is -0.255 e. The SMILES string of the molecule is C[C@@H]1CC[C@H](C)[C@H](C)CC[C@@H]1C.[CH3-].[CH3-].[Cl][Ru+2][Cl].[Cl][Ru][Cl].c1ccc(-c2ccccn2)nc1.c1ccc(-c2ccccn2)nc1.c1ccc(-c2ccccn2)nc1. The minimum absolute atomic E-state index is 0. The van der Waals surface area contributed by atoms with Crippen LogP contribution in [0.2, 0.25) is 0 Å². The summed E-state index contributed by atoms with van der Waals surface area (Å²) in [4.78, 5) is 25.1. The van der Waals surface area contributed by atoms with Crippen LogP contribution in [0.4, 0.5) is 0 Å². The predicted octanol–water partition coefficient (Wildman–Crippen LogP) is 14.2. The molecule has 0 N–H and O–H groups in total. The van der Waals surface area contributed by atoms with Crippen LogP contribution in [0.25, 0.3) is 34.2 Å². The van der Waals surface area contributed by atoms with Gasteiger partial charge in [-0.1, -0.05) is 89.8 Å². The van der Waals surface area contributed by atoms with Crippen molar-refractivity contribution in [2.24, 2.45) is 23.7 Å². The Morgan fingerprint density at radius 1 is 0.393 bits per heavy atom. The van der Waals surface area contributed by atoms with Crippen LogP contribution in [0, 0.1) is 38.5 Å². The van der Waals surface area contributed by atoms with Crippen LogP contribution in [0.1, 0.15) is 53.4 Å². The van der Waals surface area contributed by atoms with Gasteiger partial charge in [-0.05, 0) is 96.5 Å². The zero-order chi connectivity index (χ0) is 39.2. The normalized spacial score (nSPS) is 16.6. The van der Waals surface area contributed by atoms with E-state index in [2.05, 4.69) is 57.6 Å². The molecule has 0 aliphatic heterocycles. The molecule has 0 unspecified atom stereocenters. The maximum Gasteiger partial charge on any atom is 0.0886 e. The van der Waals surface area contributed by atoms with Gasteiger partial charge < -0.3 is 14.9 Å². The number of pyridine rings is 6. The van der Waals surface area contributed by atoms with Gasteiger partial charge in [0.15, 0.2) is 0 Å². The van der Waals surface area contributed by atoms with Crippen molar-refractivity contribution < 1.29 is 30.3 Å². The molecule has 12 heteroatoms. The van der Waals surface area contributed by atoms with Gasteiger partial charge in [0.1, 0.15) is 0 Å². The van der Waals surface area contributed by atoms with E-state index in [0.29, 0.717) is 0 Å². The minimum atomic E-state index is -0.346. The fourth-order valence-electron chi connectivity index (χ4n) is 5.28. The summed E-state index contributed by atoms with van der Waals surface area (Å²) in [5.74, 6) is 3.83. The molecular weight excluding hydrogens is 956 g/mol. The number of hydrogen-bond donors (Lipinski definition) is 0. The molecule has 0 spiro atoms. The first-order chi connectivity index (χ1) is 26.3. The summed E-state index contributed by atoms with van der Waals surface area (Å²) in [5.41, 5.74) is 5.49. The summed E-state index contributed by atoms with van der Waals surface area (Å²) < 4.78 is 0. The van der Waals surface area contributed by atoms with Crippen LogP contribution in [0.15, 0.2) is 146 Å². The van der Waals surface area contributed by atoms with Gasteiger partial charge in [0.05, 0.1) is 34.2 Å². The molecule has 1 aliphatic rings. The van der Waals surface area contributed by atoms with Crippen molar-refractivity contribution >= 4 is 38.8 Å². The maximum atomic E-state index is 4.85. The summed E-state index contributed by atoms with van der Waals surface area (Å²) in [6.07, 6.45) is 16.4. The third-order valence-corrected chi connectivity index (χ3v) is 8.87. The molecule has 1 aliphatic carbocycles. The van der Waals surface area contributed by atoms with Crippen LogP contribution in [-0.4, -0.2) is 29.9 Å². The van der Waals surface area contributed by atoms with E-state index < -0.39 is 0 Å². The van der Waals surface area contributed by atoms with Crippen molar-refractivity contribution in [2.45, 2.75) is 53.4 Å². The third kappa shape index (κ3) is 22.9. The first-order valence-electron chi connectivity index (χ1n) is 17.5. The Bertz CT molecular complexity index is 1400. The average Bonchev–Trinajstić information content (AvgIpc) is 3.24. The quantitative estimate of drug-likeness (QED) is 0.130. The summed E-state index contributed by atoms with van der Waals surface area (Å²) in [7, 11) is 19.4. The van der Waals surface area contributed by atoms with Crippen LogP contribution < -0.4 is 0 Å². The average molecular weight is 1010 g/mol. The molecule has 56 heavy (non-hydrogen) atoms. The van der Waals surface area contributed by atoms with E-state index in [-0.39, 0.29) is 45.1 Å². The summed E-state index contributed by atoms with van der Waals surface area (Å²) in [6, 6.07) is 34.8. The van der Waals surface area contributed by atoms with Gasteiger partial charge in [-0.25, -0.2) is 0 Å². The van der Waals surface area contributed by atoms with E-state index in [1.165, 1.54) is 25.7 Å². The fourth-order valence-corrected chi connectivity index (χ4v) is 5.28. The Balaban J connectivity index is 0.000000679. The largest absolute Gasteiger partial charge is 0.255 e. The summed E-state index contributed by atoms with van der Waals surface area (Å²) >= 11 is -0.691. The van der Waals surface area contributed by atoms with E-state index >= 15 is 0 Å². The molecule has 0 amide bonds. The second-order valence-electron chi connectivity index (χ2n) is 12.5. The number of hydrogen-bond acceptors (Lipinski definition) is 6. The number of halogens is 4. The zero-order valence-corrected chi connectivity index (χ0v) is 39.4. The molecule has 304 valence electrons. The monoisotopic (exact) mass is 1010 g/mol. The molecule has 1 fully saturated rings. The number of nitrogens with zero attached hydrogens (tertiary/aromatic N) is 6. The molecule has 4 atom stereocenters. The Hall–Kier alpha value is -2.69. The van der Waals surface area contributed by atoms with E-state index in [9.17, 15) is 0 Å². The van der Waals surface area contributed by atoms with Gasteiger partial charge >= 0.3 is 69.1 Å². The zero-order valence-electron chi connectivity index (χ0n) is 32.9. The topological polar surface area (TPSA) is 77.3 Å². The molecule has 6 aromatic rings. The van der Waals surface area contributed by atoms with Crippen molar-refractivity contribution in [2.75, 3.05) is 0 Å². The van der Waals surface area contributed by atoms with E-state index in [0.717, 1.165) is 57.8 Å². The van der Waals surface area contributed by atoms with Crippen molar-refractivity contribution in [3.63, 3.8) is 0 Å². The van der Waals surface area contributed by atoms with Crippen LogP contribution in [0.3, 0.4) is 0 Å². The smallest absolute Gasteiger partial charge is 0.0886 e. The van der Waals surface area contributed by atoms with E-state index in [1.807, 2.05) is 109 Å². The van der Waals surface area contributed by atoms with Crippen molar-refractivity contribution in [1.82, 2.24) is 29.9 Å². The first kappa shape index (κ1) is 53.3. The maximum absolute atomic E-state index is 4.85. The van der Waals surface area contributed by atoms with Gasteiger partial charge in [-0.3, -0.25) is 29.9 Å². The molecule has 0 radical (unpaired) electrons. The Labute approximate surface area is 368 Å². The molecule has 7 rings (SSSR count). The van der Waals surface area contributed by atoms with Gasteiger partial charge in [-0.2, -0.15) is 0 Å². The molecule has 1 saturated carbocycles. The van der Waals surface area contributed by atoms with Crippen LogP contribution in [0.5, 0.6) is 0 Å².